The van der Waals surface area contributed by atoms with Crippen molar-refractivity contribution in [2.75, 3.05) is 13.1 Å². The van der Waals surface area contributed by atoms with Crippen LogP contribution in [0.4, 0.5) is 0 Å². The van der Waals surface area contributed by atoms with E-state index in [-0.39, 0.29) is 11.8 Å². The predicted octanol–water partition coefficient (Wildman–Crippen LogP) is 2.91. The van der Waals surface area contributed by atoms with Crippen LogP contribution >= 0.6 is 0 Å². The molecule has 0 aliphatic heterocycles. The molecule has 0 spiro atoms. The first-order chi connectivity index (χ1) is 12.7. The summed E-state index contributed by atoms with van der Waals surface area (Å²) >= 11 is 0. The van der Waals surface area contributed by atoms with Gasteiger partial charge < -0.3 is 10.6 Å². The Morgan fingerprint density at radius 1 is 0.654 bits per heavy atom. The number of amides is 2. The summed E-state index contributed by atoms with van der Waals surface area (Å²) in [7, 11) is 0. The van der Waals surface area contributed by atoms with E-state index in [0.29, 0.717) is 24.2 Å². The number of hydrogen-bond donors (Lipinski definition) is 2. The Kier molecular flexibility index (Phi) is 5.72. The lowest BCUT2D eigenvalue weighted by atomic mass is 10.0. The minimum Gasteiger partial charge on any atom is -0.350 e. The molecule has 3 rings (SSSR count). The maximum Gasteiger partial charge on any atom is 0.251 e. The third kappa shape index (κ3) is 4.54. The van der Waals surface area contributed by atoms with Crippen LogP contribution in [0.3, 0.4) is 0 Å². The summed E-state index contributed by atoms with van der Waals surface area (Å²) in [6, 6.07) is 20.7. The Balaban J connectivity index is 1.47. The molecule has 2 amide bonds. The third-order valence-electron chi connectivity index (χ3n) is 3.89. The van der Waals surface area contributed by atoms with Gasteiger partial charge in [0.15, 0.2) is 0 Å². The molecular weight excluding hydrogens is 326 g/mol. The lowest BCUT2D eigenvalue weighted by Crippen LogP contribution is -2.34. The fourth-order valence-electron chi connectivity index (χ4n) is 2.50. The maximum absolute atomic E-state index is 12.2. The number of hydrogen-bond acceptors (Lipinski definition) is 3. The van der Waals surface area contributed by atoms with Crippen molar-refractivity contribution < 1.29 is 9.59 Å². The first kappa shape index (κ1) is 17.4. The van der Waals surface area contributed by atoms with Crippen LogP contribution in [0, 0.1) is 0 Å². The molecule has 5 heteroatoms. The molecule has 1 aromatic heterocycles. The van der Waals surface area contributed by atoms with Crippen LogP contribution in [-0.2, 0) is 0 Å². The minimum atomic E-state index is -0.186. The molecule has 0 atom stereocenters. The number of carbonyl (C=O) groups excluding carboxylic acids is 2. The fourth-order valence-corrected chi connectivity index (χ4v) is 2.50. The summed E-state index contributed by atoms with van der Waals surface area (Å²) < 4.78 is 0. The fraction of sp³-hybridized carbons (Fsp3) is 0.0952. The van der Waals surface area contributed by atoms with E-state index < -0.39 is 0 Å². The lowest BCUT2D eigenvalue weighted by molar-refractivity contribution is 0.0927. The number of rotatable bonds is 6. The van der Waals surface area contributed by atoms with Crippen LogP contribution < -0.4 is 10.6 Å². The van der Waals surface area contributed by atoms with Crippen molar-refractivity contribution in [1.29, 1.82) is 0 Å². The molecule has 0 aliphatic rings. The number of benzene rings is 2. The summed E-state index contributed by atoms with van der Waals surface area (Å²) in [4.78, 5) is 27.9. The number of carbonyl (C=O) groups is 2. The van der Waals surface area contributed by atoms with Crippen molar-refractivity contribution in [1.82, 2.24) is 15.6 Å². The van der Waals surface area contributed by atoms with E-state index in [1.54, 1.807) is 36.7 Å². The molecule has 5 nitrogen and oxygen atoms in total. The van der Waals surface area contributed by atoms with E-state index in [4.69, 9.17) is 0 Å². The molecule has 1 heterocycles. The van der Waals surface area contributed by atoms with Crippen LogP contribution in [0.5, 0.6) is 0 Å². The van der Waals surface area contributed by atoms with Gasteiger partial charge in [-0.05, 0) is 35.4 Å². The molecule has 0 saturated heterocycles. The van der Waals surface area contributed by atoms with Crippen LogP contribution in [-0.4, -0.2) is 29.9 Å². The third-order valence-corrected chi connectivity index (χ3v) is 3.89. The van der Waals surface area contributed by atoms with Crippen molar-refractivity contribution in [3.63, 3.8) is 0 Å². The number of pyridine rings is 1. The molecule has 130 valence electrons. The Morgan fingerprint density at radius 3 is 1.73 bits per heavy atom. The van der Waals surface area contributed by atoms with E-state index in [1.165, 1.54) is 0 Å². The van der Waals surface area contributed by atoms with Crippen molar-refractivity contribution in [2.24, 2.45) is 0 Å². The van der Waals surface area contributed by atoms with Gasteiger partial charge in [-0.25, -0.2) is 0 Å². The maximum atomic E-state index is 12.2. The van der Waals surface area contributed by atoms with Gasteiger partial charge in [-0.3, -0.25) is 14.6 Å². The lowest BCUT2D eigenvalue weighted by Gasteiger charge is -2.08. The zero-order valence-electron chi connectivity index (χ0n) is 14.2. The average molecular weight is 345 g/mol. The summed E-state index contributed by atoms with van der Waals surface area (Å²) in [5.41, 5.74) is 3.30. The van der Waals surface area contributed by atoms with Crippen LogP contribution in [0.25, 0.3) is 11.1 Å². The van der Waals surface area contributed by atoms with Crippen molar-refractivity contribution >= 4 is 11.8 Å². The van der Waals surface area contributed by atoms with Gasteiger partial charge in [0.05, 0.1) is 0 Å². The van der Waals surface area contributed by atoms with Crippen molar-refractivity contribution in [3.8, 4) is 11.1 Å². The van der Waals surface area contributed by atoms with Gasteiger partial charge in [0.2, 0.25) is 0 Å². The molecule has 2 N–H and O–H groups in total. The van der Waals surface area contributed by atoms with Crippen LogP contribution in [0.2, 0.25) is 0 Å². The quantitative estimate of drug-likeness (QED) is 0.675. The van der Waals surface area contributed by atoms with E-state index in [9.17, 15) is 9.59 Å². The molecule has 3 aromatic rings. The van der Waals surface area contributed by atoms with Gasteiger partial charge in [-0.2, -0.15) is 0 Å². The Hall–Kier alpha value is -3.47. The molecule has 2 aromatic carbocycles. The molecule has 0 saturated carbocycles. The monoisotopic (exact) mass is 345 g/mol. The SMILES string of the molecule is O=C(NCCNC(=O)c1ccc(-c2ccccc2)cc1)c1ccncc1. The Bertz CT molecular complexity index is 863. The van der Waals surface area contributed by atoms with Crippen LogP contribution in [0.15, 0.2) is 79.1 Å². The van der Waals surface area contributed by atoms with Crippen LogP contribution in [0.1, 0.15) is 20.7 Å². The molecule has 0 aliphatic carbocycles. The largest absolute Gasteiger partial charge is 0.350 e. The van der Waals surface area contributed by atoms with Crippen molar-refractivity contribution in [2.45, 2.75) is 0 Å². The number of nitrogens with zero attached hydrogens (tertiary/aromatic N) is 1. The smallest absolute Gasteiger partial charge is 0.251 e. The van der Waals surface area contributed by atoms with Gasteiger partial charge in [0.25, 0.3) is 11.8 Å². The molecular formula is C21H19N3O2. The highest BCUT2D eigenvalue weighted by molar-refractivity contribution is 5.95. The summed E-state index contributed by atoms with van der Waals surface area (Å²) in [5.74, 6) is -0.350. The van der Waals surface area contributed by atoms with Gasteiger partial charge >= 0.3 is 0 Å². The highest BCUT2D eigenvalue weighted by Crippen LogP contribution is 2.19. The van der Waals surface area contributed by atoms with E-state index in [1.807, 2.05) is 42.5 Å². The van der Waals surface area contributed by atoms with E-state index >= 15 is 0 Å². The molecule has 0 fully saturated rings. The summed E-state index contributed by atoms with van der Waals surface area (Å²) in [6.45, 7) is 0.713. The molecule has 0 radical (unpaired) electrons. The standard InChI is InChI=1S/C21H19N3O2/c25-20(23-14-15-24-21(26)19-10-12-22-13-11-19)18-8-6-17(7-9-18)16-4-2-1-3-5-16/h1-13H,14-15H2,(H,23,25)(H,24,26). The summed E-state index contributed by atoms with van der Waals surface area (Å²) in [6.07, 6.45) is 3.13. The average Bonchev–Trinajstić information content (AvgIpc) is 2.72. The van der Waals surface area contributed by atoms with Gasteiger partial charge in [0.1, 0.15) is 0 Å². The molecule has 0 unspecified atom stereocenters. The van der Waals surface area contributed by atoms with Crippen molar-refractivity contribution in [3.05, 3.63) is 90.3 Å². The first-order valence-corrected chi connectivity index (χ1v) is 8.36. The second-order valence-electron chi connectivity index (χ2n) is 5.69. The Labute approximate surface area is 152 Å². The molecule has 26 heavy (non-hydrogen) atoms. The van der Waals surface area contributed by atoms with Gasteiger partial charge in [-0.15, -0.1) is 0 Å². The highest BCUT2D eigenvalue weighted by Gasteiger charge is 2.07. The van der Waals surface area contributed by atoms with E-state index in [0.717, 1.165) is 11.1 Å². The first-order valence-electron chi connectivity index (χ1n) is 8.36. The van der Waals surface area contributed by atoms with Gasteiger partial charge in [0, 0.05) is 36.6 Å². The second kappa shape index (κ2) is 8.58. The Morgan fingerprint density at radius 2 is 1.15 bits per heavy atom. The van der Waals surface area contributed by atoms with E-state index in [2.05, 4.69) is 15.6 Å². The summed E-state index contributed by atoms with van der Waals surface area (Å²) in [5, 5.41) is 5.55. The van der Waals surface area contributed by atoms with Gasteiger partial charge in [-0.1, -0.05) is 42.5 Å². The zero-order chi connectivity index (χ0) is 18.2. The highest BCUT2D eigenvalue weighted by atomic mass is 16.2. The number of aromatic nitrogens is 1. The second-order valence-corrected chi connectivity index (χ2v) is 5.69. The topological polar surface area (TPSA) is 71.1 Å². The normalized spacial score (nSPS) is 10.2. The molecule has 0 bridgehead atoms. The number of nitrogens with one attached hydrogen (secondary N) is 2. The zero-order valence-corrected chi connectivity index (χ0v) is 14.2. The predicted molar refractivity (Wildman–Crippen MR) is 101 cm³/mol. The minimum absolute atomic E-state index is 0.164.